The number of aliphatic hydroxyl groups is 1. The summed E-state index contributed by atoms with van der Waals surface area (Å²) in [5.41, 5.74) is 4.78. The smallest absolute Gasteiger partial charge is 0.319 e. The van der Waals surface area contributed by atoms with Gasteiger partial charge in [-0.05, 0) is 118 Å². The fourth-order valence-corrected chi connectivity index (χ4v) is 14.0. The van der Waals surface area contributed by atoms with Gasteiger partial charge in [0.25, 0.3) is 0 Å². The number of phenols is 1. The molecule has 0 saturated carbocycles. The minimum atomic E-state index is -0.828. The number of nitrogens with zero attached hydrogens (tertiary/aromatic N) is 9. The van der Waals surface area contributed by atoms with Crippen molar-refractivity contribution in [3.8, 4) is 45.8 Å². The Morgan fingerprint density at radius 2 is 1.70 bits per heavy atom. The van der Waals surface area contributed by atoms with E-state index in [0.717, 1.165) is 80.0 Å². The number of aromatic nitrogens is 5. The van der Waals surface area contributed by atoms with Crippen LogP contribution in [-0.2, 0) is 9.59 Å². The van der Waals surface area contributed by atoms with Gasteiger partial charge in [-0.1, -0.05) is 55.3 Å². The molecule has 7 aromatic rings. The van der Waals surface area contributed by atoms with Gasteiger partial charge in [0.2, 0.25) is 11.8 Å². The van der Waals surface area contributed by atoms with Crippen LogP contribution in [0.1, 0.15) is 101 Å². The predicted octanol–water partition coefficient (Wildman–Crippen LogP) is 8.76. The summed E-state index contributed by atoms with van der Waals surface area (Å²) in [6, 6.07) is 14.9. The van der Waals surface area contributed by atoms with Crippen LogP contribution in [0.15, 0.2) is 70.8 Å². The lowest BCUT2D eigenvalue weighted by Gasteiger charge is -2.43. The second-order valence-corrected chi connectivity index (χ2v) is 24.5. The molecule has 17 nitrogen and oxygen atoms in total. The molecule has 5 fully saturated rings. The number of benzene rings is 3. The number of carbonyl (C=O) groups is 2. The number of aryl methyl sites for hydroxylation is 1. The molecule has 428 valence electrons. The van der Waals surface area contributed by atoms with Crippen molar-refractivity contribution in [2.24, 2.45) is 17.8 Å². The topological polar surface area (TPSA) is 198 Å². The van der Waals surface area contributed by atoms with Gasteiger partial charge in [0.05, 0.1) is 39.2 Å². The maximum absolute atomic E-state index is 17.2. The summed E-state index contributed by atoms with van der Waals surface area (Å²) < 4.78 is 44.5. The SMILES string of the molecule is C#Cc1c(F)ccc2cc(O)cc(-c3ncc4c(N5CC6CCC(C5)N6)nc(OC[C@H](C)N5CCC(CC6CN(c7cc([C@H](C(=O)N8C[C@H](O)C[C@H]8C(=O)N[C@@H](C)c8ccc(-c9scnc9C)cc8)C(C)C)on7)C6)CC5)nc4c3F)c12. The molecule has 20 heteroatoms. The summed E-state index contributed by atoms with van der Waals surface area (Å²) in [7, 11) is 0. The molecule has 3 aromatic carbocycles. The Morgan fingerprint density at radius 3 is 2.40 bits per heavy atom. The van der Waals surface area contributed by atoms with Crippen molar-refractivity contribution in [3.05, 3.63) is 101 Å². The van der Waals surface area contributed by atoms with Gasteiger partial charge in [-0.2, -0.15) is 9.97 Å². The van der Waals surface area contributed by atoms with E-state index in [4.69, 9.17) is 20.7 Å². The average molecular weight is 1130 g/mol. The summed E-state index contributed by atoms with van der Waals surface area (Å²) >= 11 is 1.59. The van der Waals surface area contributed by atoms with Crippen LogP contribution >= 0.6 is 11.3 Å². The summed E-state index contributed by atoms with van der Waals surface area (Å²) in [6.07, 6.45) is 11.9. The van der Waals surface area contributed by atoms with E-state index >= 15 is 8.78 Å². The first-order valence-electron chi connectivity index (χ1n) is 28.7. The number of β-amino-alcohol motifs (C(OH)–C–C–N with tert-alkyl or cyclic N) is 1. The fraction of sp³-hybridized carbons (Fsp3) is 0.468. The lowest BCUT2D eigenvalue weighted by atomic mass is 9.83. The number of amides is 2. The van der Waals surface area contributed by atoms with E-state index in [2.05, 4.69) is 58.3 Å². The van der Waals surface area contributed by atoms with Gasteiger partial charge in [0.1, 0.15) is 47.2 Å². The molecule has 2 bridgehead atoms. The van der Waals surface area contributed by atoms with Crippen molar-refractivity contribution in [1.82, 2.24) is 45.5 Å². The molecule has 4 aromatic heterocycles. The molecule has 7 atom stereocenters. The zero-order chi connectivity index (χ0) is 57.1. The number of anilines is 2. The highest BCUT2D eigenvalue weighted by Crippen LogP contribution is 2.41. The Bertz CT molecular complexity index is 3560. The third-order valence-electron chi connectivity index (χ3n) is 17.7. The number of pyridine rings is 1. The number of ether oxygens (including phenoxy) is 1. The number of rotatable bonds is 16. The van der Waals surface area contributed by atoms with Crippen LogP contribution in [0.25, 0.3) is 43.4 Å². The van der Waals surface area contributed by atoms with E-state index < -0.39 is 29.7 Å². The Hall–Kier alpha value is -7.31. The maximum atomic E-state index is 17.2. The van der Waals surface area contributed by atoms with Gasteiger partial charge in [0.15, 0.2) is 17.4 Å². The molecule has 9 heterocycles. The summed E-state index contributed by atoms with van der Waals surface area (Å²) in [4.78, 5) is 56.2. The zero-order valence-corrected chi connectivity index (χ0v) is 47.6. The normalized spacial score (nSPS) is 21.7. The molecule has 82 heavy (non-hydrogen) atoms. The Balaban J connectivity index is 0.653. The number of carbonyl (C=O) groups excluding carboxylic acids is 2. The highest BCUT2D eigenvalue weighted by molar-refractivity contribution is 7.13. The molecule has 5 aliphatic heterocycles. The highest BCUT2D eigenvalue weighted by atomic mass is 32.1. The van der Waals surface area contributed by atoms with E-state index in [1.165, 1.54) is 29.2 Å². The molecular formula is C62H69F2N11O6S. The summed E-state index contributed by atoms with van der Waals surface area (Å²) in [5, 5.41) is 33.9. The largest absolute Gasteiger partial charge is 0.508 e. The first-order valence-corrected chi connectivity index (χ1v) is 29.6. The fourth-order valence-electron chi connectivity index (χ4n) is 13.2. The summed E-state index contributed by atoms with van der Waals surface area (Å²) in [6.45, 7) is 15.1. The van der Waals surface area contributed by atoms with Crippen molar-refractivity contribution >= 4 is 56.5 Å². The first kappa shape index (κ1) is 55.2. The van der Waals surface area contributed by atoms with E-state index in [0.29, 0.717) is 53.1 Å². The molecule has 2 unspecified atom stereocenters. The van der Waals surface area contributed by atoms with Gasteiger partial charge in [-0.15, -0.1) is 17.8 Å². The minimum absolute atomic E-state index is 0.00955. The molecule has 0 radical (unpaired) electrons. The molecule has 4 N–H and O–H groups in total. The van der Waals surface area contributed by atoms with Crippen molar-refractivity contribution in [2.75, 3.05) is 62.2 Å². The number of phenolic OH excluding ortho intramolecular Hbond substituents is 1. The van der Waals surface area contributed by atoms with Crippen molar-refractivity contribution in [2.45, 2.75) is 115 Å². The quantitative estimate of drug-likeness (QED) is 0.0670. The highest BCUT2D eigenvalue weighted by Gasteiger charge is 2.44. The van der Waals surface area contributed by atoms with Crippen molar-refractivity contribution in [3.63, 3.8) is 0 Å². The van der Waals surface area contributed by atoms with Crippen molar-refractivity contribution in [1.29, 1.82) is 0 Å². The van der Waals surface area contributed by atoms with E-state index in [-0.39, 0.29) is 101 Å². The minimum Gasteiger partial charge on any atom is -0.508 e. The van der Waals surface area contributed by atoms with E-state index in [1.807, 2.05) is 63.5 Å². The monoisotopic (exact) mass is 1130 g/mol. The first-order chi connectivity index (χ1) is 39.6. The third kappa shape index (κ3) is 10.8. The molecular weight excluding hydrogens is 1060 g/mol. The molecule has 2 amide bonds. The Morgan fingerprint density at radius 1 is 0.939 bits per heavy atom. The van der Waals surface area contributed by atoms with Crippen LogP contribution in [0.4, 0.5) is 20.4 Å². The van der Waals surface area contributed by atoms with Crippen molar-refractivity contribution < 1.29 is 37.8 Å². The predicted molar refractivity (Wildman–Crippen MR) is 311 cm³/mol. The van der Waals surface area contributed by atoms with Crippen LogP contribution in [-0.4, -0.2) is 140 Å². The lowest BCUT2D eigenvalue weighted by Crippen LogP contribution is -2.51. The number of fused-ring (bicyclic) bond motifs is 4. The number of aromatic hydroxyl groups is 1. The van der Waals surface area contributed by atoms with Crippen LogP contribution in [0.3, 0.4) is 0 Å². The van der Waals surface area contributed by atoms with Crippen LogP contribution < -0.4 is 25.2 Å². The maximum Gasteiger partial charge on any atom is 0.319 e. The number of hydrogen-bond acceptors (Lipinski definition) is 16. The molecule has 5 aliphatic rings. The number of terminal acetylenes is 1. The number of likely N-dealkylation sites (tertiary alicyclic amines) is 2. The van der Waals surface area contributed by atoms with Gasteiger partial charge >= 0.3 is 6.01 Å². The Kier molecular flexibility index (Phi) is 15.4. The second kappa shape index (κ2) is 22.8. The van der Waals surface area contributed by atoms with Gasteiger partial charge in [0, 0.05) is 80.5 Å². The number of piperidine rings is 1. The van der Waals surface area contributed by atoms with Crippen LogP contribution in [0.2, 0.25) is 0 Å². The van der Waals surface area contributed by atoms with E-state index in [1.54, 1.807) is 17.5 Å². The van der Waals surface area contributed by atoms with Gasteiger partial charge in [-0.3, -0.25) is 19.5 Å². The lowest BCUT2D eigenvalue weighted by molar-refractivity contribution is -0.141. The molecule has 12 rings (SSSR count). The standard InChI is InChI=1S/C62H69F2N11O6S/c1-7-46-49(63)15-12-41-21-44(76)22-47(54(41)46)56-55(64)57-48(25-65-56)59(74-28-42-13-14-43(29-74)68-42)70-62(69-57)80-31-34(4)72-18-16-37(17-19-72)20-38-26-73(27-38)52-24-51(81-71-52)53(33(2)3)61(79)75-30-45(77)23-50(75)60(78)67-35(5)39-8-10-40(11-9-39)58-36(6)66-32-82-58/h1,8-12,15,21-22,24-25,32-35,37-38,42-43,45,50,53,68,76-77H,13-14,16-20,23,26-31H2,2-6H3,(H,67,78)/t34-,35-,42?,43?,45+,50-,53+/m0/s1. The summed E-state index contributed by atoms with van der Waals surface area (Å²) in [5.74, 6) is 2.16. The number of nitrogens with one attached hydrogen (secondary N) is 2. The molecule has 0 spiro atoms. The number of hydrogen-bond donors (Lipinski definition) is 4. The van der Waals surface area contributed by atoms with Crippen LogP contribution in [0.5, 0.6) is 11.8 Å². The number of piperazine rings is 1. The van der Waals surface area contributed by atoms with E-state index in [9.17, 15) is 19.8 Å². The van der Waals surface area contributed by atoms with Gasteiger partial charge in [-0.25, -0.2) is 13.8 Å². The number of thiazole rings is 1. The zero-order valence-electron chi connectivity index (χ0n) is 46.8. The third-order valence-corrected chi connectivity index (χ3v) is 18.7. The number of halogens is 2. The second-order valence-electron chi connectivity index (χ2n) is 23.7. The van der Waals surface area contributed by atoms with Crippen LogP contribution in [0, 0.1) is 48.7 Å². The molecule has 5 saturated heterocycles. The average Bonchev–Trinajstić information content (AvgIpc) is 3.07. The Labute approximate surface area is 479 Å². The number of aliphatic hydroxyl groups excluding tert-OH is 1. The van der Waals surface area contributed by atoms with Gasteiger partial charge < -0.3 is 44.8 Å². The molecule has 0 aliphatic carbocycles.